The molecule has 4 aromatic rings. The molecule has 0 saturated carbocycles. The fourth-order valence-corrected chi connectivity index (χ4v) is 5.05. The van der Waals surface area contributed by atoms with Crippen LogP contribution in [-0.4, -0.2) is 21.2 Å². The van der Waals surface area contributed by atoms with E-state index in [0.717, 1.165) is 21.6 Å². The minimum atomic E-state index is -0.220. The summed E-state index contributed by atoms with van der Waals surface area (Å²) in [5.41, 5.74) is 3.94. The van der Waals surface area contributed by atoms with Crippen molar-refractivity contribution in [3.8, 4) is 11.1 Å². The Morgan fingerprint density at radius 3 is 2.68 bits per heavy atom. The van der Waals surface area contributed by atoms with E-state index >= 15 is 0 Å². The van der Waals surface area contributed by atoms with Crippen LogP contribution in [0.2, 0.25) is 0 Å². The Morgan fingerprint density at radius 1 is 1.13 bits per heavy atom. The summed E-state index contributed by atoms with van der Waals surface area (Å²) in [6.07, 6.45) is 1.44. The molecule has 0 saturated heterocycles. The van der Waals surface area contributed by atoms with Gasteiger partial charge in [0, 0.05) is 22.7 Å². The minimum Gasteiger partial charge on any atom is -0.351 e. The van der Waals surface area contributed by atoms with Crippen LogP contribution in [0.5, 0.6) is 0 Å². The van der Waals surface area contributed by atoms with Gasteiger partial charge in [-0.1, -0.05) is 18.2 Å². The molecule has 0 aliphatic heterocycles. The third kappa shape index (κ3) is 4.35. The first-order valence-corrected chi connectivity index (χ1v) is 11.4. The monoisotopic (exact) mass is 451 g/mol. The molecule has 1 amide bonds. The summed E-state index contributed by atoms with van der Waals surface area (Å²) in [7, 11) is 0. The Bertz CT molecular complexity index is 1360. The van der Waals surface area contributed by atoms with E-state index in [4.69, 9.17) is 0 Å². The van der Waals surface area contributed by atoms with Crippen LogP contribution < -0.4 is 10.9 Å². The molecule has 0 atom stereocenters. The molecular formula is C23H21N3O3S2. The van der Waals surface area contributed by atoms with E-state index in [1.807, 2.05) is 30.5 Å². The van der Waals surface area contributed by atoms with Gasteiger partial charge in [-0.2, -0.15) is 0 Å². The van der Waals surface area contributed by atoms with Crippen molar-refractivity contribution in [3.63, 3.8) is 0 Å². The lowest BCUT2D eigenvalue weighted by Gasteiger charge is -2.06. The summed E-state index contributed by atoms with van der Waals surface area (Å²) >= 11 is 2.74. The van der Waals surface area contributed by atoms with Gasteiger partial charge in [-0.3, -0.25) is 19.0 Å². The minimum absolute atomic E-state index is 0.0793. The number of Topliss-reactive ketones (excluding diaryl/α,β-unsaturated/α-hetero) is 1. The fourth-order valence-electron chi connectivity index (χ4n) is 3.27. The van der Waals surface area contributed by atoms with Crippen molar-refractivity contribution >= 4 is 44.6 Å². The van der Waals surface area contributed by atoms with Gasteiger partial charge in [0.15, 0.2) is 5.78 Å². The highest BCUT2D eigenvalue weighted by Crippen LogP contribution is 2.31. The highest BCUT2D eigenvalue weighted by molar-refractivity contribution is 7.17. The van der Waals surface area contributed by atoms with Crippen molar-refractivity contribution in [3.05, 3.63) is 73.3 Å². The van der Waals surface area contributed by atoms with E-state index in [2.05, 4.69) is 23.3 Å². The predicted molar refractivity (Wildman–Crippen MR) is 125 cm³/mol. The molecule has 1 aromatic carbocycles. The number of benzene rings is 1. The van der Waals surface area contributed by atoms with Crippen LogP contribution in [0.25, 0.3) is 21.3 Å². The zero-order chi connectivity index (χ0) is 22.1. The zero-order valence-electron chi connectivity index (χ0n) is 17.4. The average Bonchev–Trinajstić information content (AvgIpc) is 3.38. The van der Waals surface area contributed by atoms with Gasteiger partial charge in [-0.15, -0.1) is 22.7 Å². The van der Waals surface area contributed by atoms with Crippen LogP contribution in [0.3, 0.4) is 0 Å². The van der Waals surface area contributed by atoms with Crippen molar-refractivity contribution in [2.45, 2.75) is 33.9 Å². The zero-order valence-corrected chi connectivity index (χ0v) is 19.0. The molecule has 3 heterocycles. The Labute approximate surface area is 187 Å². The van der Waals surface area contributed by atoms with Gasteiger partial charge >= 0.3 is 0 Å². The molecule has 0 unspecified atom stereocenters. The van der Waals surface area contributed by atoms with Gasteiger partial charge in [0.05, 0.1) is 29.7 Å². The fraction of sp³-hybridized carbons (Fsp3) is 0.217. The molecule has 0 radical (unpaired) electrons. The lowest BCUT2D eigenvalue weighted by molar-refractivity contribution is -0.119. The van der Waals surface area contributed by atoms with Gasteiger partial charge in [0.1, 0.15) is 4.83 Å². The molecule has 0 fully saturated rings. The van der Waals surface area contributed by atoms with Crippen LogP contribution in [0, 0.1) is 13.8 Å². The summed E-state index contributed by atoms with van der Waals surface area (Å²) in [4.78, 5) is 43.6. The van der Waals surface area contributed by atoms with Crippen molar-refractivity contribution in [1.29, 1.82) is 0 Å². The Morgan fingerprint density at radius 2 is 1.94 bits per heavy atom. The lowest BCUT2D eigenvalue weighted by Crippen LogP contribution is -2.24. The molecule has 31 heavy (non-hydrogen) atoms. The summed E-state index contributed by atoms with van der Waals surface area (Å²) in [5, 5.41) is 5.21. The van der Waals surface area contributed by atoms with E-state index in [1.54, 1.807) is 6.07 Å². The van der Waals surface area contributed by atoms with E-state index < -0.39 is 0 Å². The number of rotatable bonds is 6. The molecule has 0 spiro atoms. The Hall–Kier alpha value is -3.10. The highest BCUT2D eigenvalue weighted by atomic mass is 32.1. The van der Waals surface area contributed by atoms with Crippen molar-refractivity contribution in [2.24, 2.45) is 0 Å². The first kappa shape index (κ1) is 21.1. The van der Waals surface area contributed by atoms with Gasteiger partial charge in [0.25, 0.3) is 5.56 Å². The van der Waals surface area contributed by atoms with Crippen LogP contribution in [-0.2, 0) is 17.9 Å². The molecule has 6 nitrogen and oxygen atoms in total. The quantitative estimate of drug-likeness (QED) is 0.443. The number of hydrogen-bond acceptors (Lipinski definition) is 6. The topological polar surface area (TPSA) is 81.1 Å². The maximum absolute atomic E-state index is 13.2. The average molecular weight is 452 g/mol. The van der Waals surface area contributed by atoms with E-state index in [1.165, 1.54) is 46.1 Å². The molecule has 8 heteroatoms. The van der Waals surface area contributed by atoms with Crippen LogP contribution >= 0.6 is 22.7 Å². The Balaban J connectivity index is 1.64. The van der Waals surface area contributed by atoms with Crippen molar-refractivity contribution in [1.82, 2.24) is 14.9 Å². The number of amides is 1. The smallest absolute Gasteiger partial charge is 0.263 e. The molecule has 0 aliphatic carbocycles. The van der Waals surface area contributed by atoms with Crippen molar-refractivity contribution in [2.75, 3.05) is 0 Å². The maximum atomic E-state index is 13.2. The number of nitrogens with one attached hydrogen (secondary N) is 1. The lowest BCUT2D eigenvalue weighted by atomic mass is 10.0. The Kier molecular flexibility index (Phi) is 5.84. The van der Waals surface area contributed by atoms with Crippen LogP contribution in [0.4, 0.5) is 0 Å². The SMILES string of the molecule is CC(=O)NCc1ccc(C(=O)Cn2cnc3scc(-c4ccc(C)c(C)c4)c3c2=O)s1. The van der Waals surface area contributed by atoms with E-state index in [0.29, 0.717) is 21.6 Å². The number of aryl methyl sites for hydroxylation is 2. The number of ketones is 1. The third-order valence-electron chi connectivity index (χ3n) is 5.14. The summed E-state index contributed by atoms with van der Waals surface area (Å²) in [6, 6.07) is 9.66. The summed E-state index contributed by atoms with van der Waals surface area (Å²) in [6.45, 7) is 5.85. The maximum Gasteiger partial charge on any atom is 0.263 e. The molecular weight excluding hydrogens is 430 g/mol. The number of aromatic nitrogens is 2. The van der Waals surface area contributed by atoms with Crippen LogP contribution in [0.15, 0.2) is 46.8 Å². The third-order valence-corrected chi connectivity index (χ3v) is 7.15. The van der Waals surface area contributed by atoms with Gasteiger partial charge in [0.2, 0.25) is 5.91 Å². The number of thiophene rings is 2. The molecule has 4 rings (SSSR count). The van der Waals surface area contributed by atoms with Crippen LogP contribution in [0.1, 0.15) is 32.6 Å². The first-order valence-electron chi connectivity index (χ1n) is 9.74. The molecule has 158 valence electrons. The summed E-state index contributed by atoms with van der Waals surface area (Å²) in [5.74, 6) is -0.284. The molecule has 0 aliphatic rings. The predicted octanol–water partition coefficient (Wildman–Crippen LogP) is 4.32. The molecule has 3 aromatic heterocycles. The second-order valence-electron chi connectivity index (χ2n) is 7.41. The largest absolute Gasteiger partial charge is 0.351 e. The normalized spacial score (nSPS) is 11.1. The van der Waals surface area contributed by atoms with Gasteiger partial charge < -0.3 is 5.32 Å². The number of nitrogens with zero attached hydrogens (tertiary/aromatic N) is 2. The van der Waals surface area contributed by atoms with E-state index in [9.17, 15) is 14.4 Å². The van der Waals surface area contributed by atoms with E-state index in [-0.39, 0.29) is 23.8 Å². The second kappa shape index (κ2) is 8.56. The number of carbonyl (C=O) groups is 2. The highest BCUT2D eigenvalue weighted by Gasteiger charge is 2.17. The van der Waals surface area contributed by atoms with Crippen molar-refractivity contribution < 1.29 is 9.59 Å². The number of fused-ring (bicyclic) bond motifs is 1. The van der Waals surface area contributed by atoms with Gasteiger partial charge in [-0.05, 0) is 42.7 Å². The standard InChI is InChI=1S/C23H21N3O3S2/c1-13-4-5-16(8-14(13)2)18-11-30-22-21(18)23(29)26(12-25-22)10-19(28)20-7-6-17(31-20)9-24-15(3)27/h4-8,11-12H,9-10H2,1-3H3,(H,24,27). The second-order valence-corrected chi connectivity index (χ2v) is 9.43. The molecule has 0 bridgehead atoms. The summed E-state index contributed by atoms with van der Waals surface area (Å²) < 4.78 is 1.37. The first-order chi connectivity index (χ1) is 14.8. The van der Waals surface area contributed by atoms with Gasteiger partial charge in [-0.25, -0.2) is 4.98 Å². The molecule has 1 N–H and O–H groups in total. The number of carbonyl (C=O) groups excluding carboxylic acids is 2. The number of hydrogen-bond donors (Lipinski definition) is 1.